The molecule has 1 fully saturated rings. The van der Waals surface area contributed by atoms with E-state index in [-0.39, 0.29) is 18.0 Å². The van der Waals surface area contributed by atoms with Crippen molar-refractivity contribution in [3.05, 3.63) is 0 Å². The summed E-state index contributed by atoms with van der Waals surface area (Å²) >= 11 is 0. The lowest BCUT2D eigenvalue weighted by molar-refractivity contribution is -0.136. The molecule has 17 heavy (non-hydrogen) atoms. The third-order valence-electron chi connectivity index (χ3n) is 3.39. The Morgan fingerprint density at radius 3 is 2.59 bits per heavy atom. The Balaban J connectivity index is 2.55. The number of likely N-dealkylation sites (N-methyl/N-ethyl adjacent to an activating group) is 2. The van der Waals surface area contributed by atoms with Crippen molar-refractivity contribution in [3.63, 3.8) is 0 Å². The van der Waals surface area contributed by atoms with Crippen LogP contribution in [0.3, 0.4) is 0 Å². The third kappa shape index (κ3) is 4.28. The number of carbonyl (C=O) groups is 1. The maximum absolute atomic E-state index is 12.4. The van der Waals surface area contributed by atoms with E-state index in [0.29, 0.717) is 0 Å². The van der Waals surface area contributed by atoms with Crippen LogP contribution in [0.5, 0.6) is 0 Å². The second-order valence-corrected chi connectivity index (χ2v) is 5.24. The van der Waals surface area contributed by atoms with E-state index in [0.717, 1.165) is 26.1 Å². The molecule has 1 N–H and O–H groups in total. The first kappa shape index (κ1) is 14.5. The lowest BCUT2D eigenvalue weighted by Crippen LogP contribution is -2.53. The van der Waals surface area contributed by atoms with E-state index in [1.807, 2.05) is 19.0 Å². The molecule has 4 heteroatoms. The topological polar surface area (TPSA) is 35.6 Å². The molecule has 0 aromatic rings. The summed E-state index contributed by atoms with van der Waals surface area (Å²) in [6.07, 6.45) is 3.36. The van der Waals surface area contributed by atoms with Gasteiger partial charge in [-0.15, -0.1) is 0 Å². The van der Waals surface area contributed by atoms with E-state index in [1.54, 1.807) is 0 Å². The number of rotatable bonds is 5. The van der Waals surface area contributed by atoms with Crippen LogP contribution in [0.15, 0.2) is 0 Å². The molecule has 4 nitrogen and oxygen atoms in total. The molecular formula is C13H27N3O. The van der Waals surface area contributed by atoms with Gasteiger partial charge >= 0.3 is 0 Å². The molecule has 1 aliphatic rings. The summed E-state index contributed by atoms with van der Waals surface area (Å²) in [5.74, 6) is 0.279. The zero-order valence-electron chi connectivity index (χ0n) is 11.7. The summed E-state index contributed by atoms with van der Waals surface area (Å²) in [6.45, 7) is 6.89. The molecule has 0 aromatic heterocycles. The van der Waals surface area contributed by atoms with Crippen molar-refractivity contribution >= 4 is 5.91 Å². The van der Waals surface area contributed by atoms with Gasteiger partial charge in [0.15, 0.2) is 0 Å². The molecule has 1 amide bonds. The fraction of sp³-hybridized carbons (Fsp3) is 0.923. The van der Waals surface area contributed by atoms with Crippen molar-refractivity contribution in [1.82, 2.24) is 15.1 Å². The first-order valence-corrected chi connectivity index (χ1v) is 6.74. The van der Waals surface area contributed by atoms with Gasteiger partial charge in [-0.25, -0.2) is 0 Å². The zero-order chi connectivity index (χ0) is 12.8. The van der Waals surface area contributed by atoms with E-state index in [1.165, 1.54) is 12.8 Å². The molecule has 1 saturated heterocycles. The van der Waals surface area contributed by atoms with Crippen LogP contribution in [-0.4, -0.2) is 61.5 Å². The Bertz CT molecular complexity index is 237. The van der Waals surface area contributed by atoms with Crippen LogP contribution < -0.4 is 5.32 Å². The van der Waals surface area contributed by atoms with Gasteiger partial charge in [-0.05, 0) is 47.3 Å². The predicted molar refractivity (Wildman–Crippen MR) is 71.0 cm³/mol. The van der Waals surface area contributed by atoms with Crippen LogP contribution in [0.2, 0.25) is 0 Å². The highest BCUT2D eigenvalue weighted by atomic mass is 16.2. The Morgan fingerprint density at radius 1 is 1.41 bits per heavy atom. The van der Waals surface area contributed by atoms with E-state index in [9.17, 15) is 4.79 Å². The number of nitrogens with zero attached hydrogens (tertiary/aromatic N) is 2. The number of hydrogen-bond donors (Lipinski definition) is 1. The highest BCUT2D eigenvalue weighted by Gasteiger charge is 2.27. The number of carbonyl (C=O) groups excluding carboxylic acids is 1. The van der Waals surface area contributed by atoms with Crippen LogP contribution in [0.25, 0.3) is 0 Å². The van der Waals surface area contributed by atoms with E-state index in [2.05, 4.69) is 24.1 Å². The van der Waals surface area contributed by atoms with Crippen LogP contribution in [0, 0.1) is 0 Å². The van der Waals surface area contributed by atoms with Crippen molar-refractivity contribution in [3.8, 4) is 0 Å². The maximum atomic E-state index is 12.4. The number of hydrogen-bond acceptors (Lipinski definition) is 3. The predicted octanol–water partition coefficient (Wildman–Crippen LogP) is 0.927. The average Bonchev–Trinajstić information content (AvgIpc) is 2.30. The van der Waals surface area contributed by atoms with Crippen molar-refractivity contribution < 1.29 is 4.79 Å². The van der Waals surface area contributed by atoms with Gasteiger partial charge < -0.3 is 15.1 Å². The molecule has 1 unspecified atom stereocenters. The fourth-order valence-electron chi connectivity index (χ4n) is 2.57. The van der Waals surface area contributed by atoms with Gasteiger partial charge in [-0.2, -0.15) is 0 Å². The smallest absolute Gasteiger partial charge is 0.239 e. The Hall–Kier alpha value is -0.610. The molecule has 1 rings (SSSR count). The van der Waals surface area contributed by atoms with Crippen molar-refractivity contribution in [2.24, 2.45) is 0 Å². The molecule has 0 saturated carbocycles. The highest BCUT2D eigenvalue weighted by Crippen LogP contribution is 2.12. The summed E-state index contributed by atoms with van der Waals surface area (Å²) in [6, 6.07) is 0.333. The maximum Gasteiger partial charge on any atom is 0.239 e. The summed E-state index contributed by atoms with van der Waals surface area (Å²) in [5.41, 5.74) is 0. The van der Waals surface area contributed by atoms with Gasteiger partial charge in [0.25, 0.3) is 0 Å². The lowest BCUT2D eigenvalue weighted by atomic mass is 10.0. The first-order chi connectivity index (χ1) is 8.06. The number of piperidine rings is 1. The van der Waals surface area contributed by atoms with Gasteiger partial charge in [0, 0.05) is 19.1 Å². The van der Waals surface area contributed by atoms with Crippen molar-refractivity contribution in [1.29, 1.82) is 0 Å². The summed E-state index contributed by atoms with van der Waals surface area (Å²) in [7, 11) is 4.10. The molecule has 0 aromatic carbocycles. The third-order valence-corrected chi connectivity index (χ3v) is 3.39. The first-order valence-electron chi connectivity index (χ1n) is 6.74. The molecule has 0 radical (unpaired) electrons. The Kier molecular flexibility index (Phi) is 5.92. The Morgan fingerprint density at radius 2 is 2.12 bits per heavy atom. The average molecular weight is 241 g/mol. The monoisotopic (exact) mass is 241 g/mol. The molecule has 0 aliphatic carbocycles. The van der Waals surface area contributed by atoms with E-state index < -0.39 is 0 Å². The van der Waals surface area contributed by atoms with Gasteiger partial charge in [0.1, 0.15) is 0 Å². The normalized spacial score (nSPS) is 22.5. The molecule has 0 spiro atoms. The quantitative estimate of drug-likeness (QED) is 0.778. The number of nitrogens with one attached hydrogen (secondary N) is 1. The fourth-order valence-corrected chi connectivity index (χ4v) is 2.57. The van der Waals surface area contributed by atoms with Crippen LogP contribution >= 0.6 is 0 Å². The summed E-state index contributed by atoms with van der Waals surface area (Å²) in [5, 5.41) is 3.34. The molecule has 0 bridgehead atoms. The molecular weight excluding hydrogens is 214 g/mol. The van der Waals surface area contributed by atoms with Crippen LogP contribution in [-0.2, 0) is 4.79 Å². The van der Waals surface area contributed by atoms with Crippen molar-refractivity contribution in [2.45, 2.75) is 45.2 Å². The Labute approximate surface area is 105 Å². The largest absolute Gasteiger partial charge is 0.338 e. The van der Waals surface area contributed by atoms with Crippen LogP contribution in [0.1, 0.15) is 33.1 Å². The molecule has 2 atom stereocenters. The minimum absolute atomic E-state index is 0.0494. The molecule has 1 aliphatic heterocycles. The SMILES string of the molecule is CCN(C(=O)[C@H]1CCCCN1)C(C)CN(C)C. The van der Waals surface area contributed by atoms with Gasteiger partial charge in [-0.1, -0.05) is 6.42 Å². The molecule has 100 valence electrons. The molecule has 1 heterocycles. The second kappa shape index (κ2) is 6.97. The second-order valence-electron chi connectivity index (χ2n) is 5.24. The minimum Gasteiger partial charge on any atom is -0.338 e. The number of amides is 1. The summed E-state index contributed by atoms with van der Waals surface area (Å²) < 4.78 is 0. The van der Waals surface area contributed by atoms with Gasteiger partial charge in [0.2, 0.25) is 5.91 Å². The summed E-state index contributed by atoms with van der Waals surface area (Å²) in [4.78, 5) is 16.5. The minimum atomic E-state index is 0.0494. The highest BCUT2D eigenvalue weighted by molar-refractivity contribution is 5.82. The van der Waals surface area contributed by atoms with Gasteiger partial charge in [-0.3, -0.25) is 4.79 Å². The standard InChI is InChI=1S/C13H27N3O/c1-5-16(11(2)10-15(3)4)13(17)12-8-6-7-9-14-12/h11-12,14H,5-10H2,1-4H3/t11?,12-/m1/s1. The zero-order valence-corrected chi connectivity index (χ0v) is 11.7. The van der Waals surface area contributed by atoms with Crippen molar-refractivity contribution in [2.75, 3.05) is 33.7 Å². The van der Waals surface area contributed by atoms with E-state index in [4.69, 9.17) is 0 Å². The van der Waals surface area contributed by atoms with E-state index >= 15 is 0 Å². The lowest BCUT2D eigenvalue weighted by Gasteiger charge is -2.34. The van der Waals surface area contributed by atoms with Gasteiger partial charge in [0.05, 0.1) is 6.04 Å². The van der Waals surface area contributed by atoms with Crippen LogP contribution in [0.4, 0.5) is 0 Å².